The van der Waals surface area contributed by atoms with E-state index >= 15 is 0 Å². The second kappa shape index (κ2) is 10.4. The lowest BCUT2D eigenvalue weighted by atomic mass is 9.98. The standard InChI is InChI=1S/C29H32N2O5/c1-29(2,3)36-27(32)26(15-19-14-20(34-5)17-30-16-19)31(4)28(33)35-18-25-23-12-8-6-10-21(23)22-11-7-9-13-24(22)25/h6-14,16-17,25-26H,15,18H2,1-5H3. The number of rotatable bonds is 7. The molecule has 7 nitrogen and oxygen atoms in total. The molecule has 3 aromatic rings. The molecule has 7 heteroatoms. The quantitative estimate of drug-likeness (QED) is 0.424. The monoisotopic (exact) mass is 488 g/mol. The maximum atomic E-state index is 13.2. The summed E-state index contributed by atoms with van der Waals surface area (Å²) >= 11 is 0. The van der Waals surface area contributed by atoms with Crippen LogP contribution in [0.4, 0.5) is 4.79 Å². The SMILES string of the molecule is COc1cncc(CC(C(=O)OC(C)(C)C)N(C)C(=O)OCC2c3ccccc3-c3ccccc32)c1. The first-order chi connectivity index (χ1) is 17.2. The lowest BCUT2D eigenvalue weighted by Crippen LogP contribution is -2.47. The number of aromatic nitrogens is 1. The van der Waals surface area contributed by atoms with Crippen LogP contribution in [-0.2, 0) is 20.7 Å². The molecule has 1 aliphatic rings. The van der Waals surface area contributed by atoms with E-state index < -0.39 is 23.7 Å². The van der Waals surface area contributed by atoms with Gasteiger partial charge in [-0.2, -0.15) is 0 Å². The first-order valence-electron chi connectivity index (χ1n) is 12.0. The summed E-state index contributed by atoms with van der Waals surface area (Å²) in [6, 6.07) is 17.2. The van der Waals surface area contributed by atoms with E-state index in [2.05, 4.69) is 29.2 Å². The molecule has 0 saturated heterocycles. The molecule has 1 aliphatic carbocycles. The van der Waals surface area contributed by atoms with E-state index in [9.17, 15) is 9.59 Å². The highest BCUT2D eigenvalue weighted by atomic mass is 16.6. The Morgan fingerprint density at radius 1 is 1.00 bits per heavy atom. The minimum absolute atomic E-state index is 0.0719. The van der Waals surface area contributed by atoms with Gasteiger partial charge in [-0.25, -0.2) is 9.59 Å². The van der Waals surface area contributed by atoms with Crippen molar-refractivity contribution in [2.75, 3.05) is 20.8 Å². The van der Waals surface area contributed by atoms with Gasteiger partial charge in [0.05, 0.1) is 13.3 Å². The molecule has 1 atom stereocenters. The van der Waals surface area contributed by atoms with Gasteiger partial charge in [0.15, 0.2) is 0 Å². The number of amides is 1. The topological polar surface area (TPSA) is 78.0 Å². The Balaban J connectivity index is 1.52. The molecule has 0 fully saturated rings. The third-order valence-electron chi connectivity index (χ3n) is 6.20. The van der Waals surface area contributed by atoms with E-state index in [0.29, 0.717) is 5.75 Å². The average molecular weight is 489 g/mol. The molecule has 2 aromatic carbocycles. The number of hydrogen-bond acceptors (Lipinski definition) is 6. The summed E-state index contributed by atoms with van der Waals surface area (Å²) < 4.78 is 16.7. The molecule has 0 bridgehead atoms. The average Bonchev–Trinajstić information content (AvgIpc) is 3.18. The molecule has 0 spiro atoms. The van der Waals surface area contributed by atoms with Gasteiger partial charge in [-0.1, -0.05) is 48.5 Å². The van der Waals surface area contributed by atoms with Crippen LogP contribution in [0, 0.1) is 0 Å². The van der Waals surface area contributed by atoms with E-state index in [1.54, 1.807) is 53.4 Å². The normalized spacial score (nSPS) is 13.4. The van der Waals surface area contributed by atoms with Crippen LogP contribution in [0.1, 0.15) is 43.4 Å². The van der Waals surface area contributed by atoms with Gasteiger partial charge >= 0.3 is 12.1 Å². The Hall–Kier alpha value is -3.87. The van der Waals surface area contributed by atoms with Crippen LogP contribution in [0.15, 0.2) is 67.0 Å². The number of pyridine rings is 1. The molecule has 1 aromatic heterocycles. The second-order valence-corrected chi connectivity index (χ2v) is 9.90. The molecule has 0 radical (unpaired) electrons. The van der Waals surface area contributed by atoms with Crippen molar-refractivity contribution in [2.24, 2.45) is 0 Å². The Bertz CT molecular complexity index is 1200. The first-order valence-corrected chi connectivity index (χ1v) is 12.0. The lowest BCUT2D eigenvalue weighted by molar-refractivity contribution is -0.160. The smallest absolute Gasteiger partial charge is 0.410 e. The van der Waals surface area contributed by atoms with Gasteiger partial charge in [0.2, 0.25) is 0 Å². The maximum Gasteiger partial charge on any atom is 0.410 e. The van der Waals surface area contributed by atoms with Crippen LogP contribution >= 0.6 is 0 Å². The lowest BCUT2D eigenvalue weighted by Gasteiger charge is -2.30. The molecule has 4 rings (SSSR count). The number of methoxy groups -OCH3 is 1. The summed E-state index contributed by atoms with van der Waals surface area (Å²) in [7, 11) is 3.11. The summed E-state index contributed by atoms with van der Waals surface area (Å²) in [4.78, 5) is 31.8. The number of carbonyl (C=O) groups excluding carboxylic acids is 2. The third-order valence-corrected chi connectivity index (χ3v) is 6.20. The van der Waals surface area contributed by atoms with Crippen molar-refractivity contribution in [1.82, 2.24) is 9.88 Å². The van der Waals surface area contributed by atoms with Crippen LogP contribution in [0.25, 0.3) is 11.1 Å². The largest absolute Gasteiger partial charge is 0.495 e. The predicted octanol–water partition coefficient (Wildman–Crippen LogP) is 5.22. The van der Waals surface area contributed by atoms with Gasteiger partial charge in [0.25, 0.3) is 0 Å². The zero-order valence-electron chi connectivity index (χ0n) is 21.4. The molecule has 1 heterocycles. The van der Waals surface area contributed by atoms with Crippen molar-refractivity contribution in [3.8, 4) is 16.9 Å². The van der Waals surface area contributed by atoms with Crippen molar-refractivity contribution >= 4 is 12.1 Å². The summed E-state index contributed by atoms with van der Waals surface area (Å²) in [5, 5.41) is 0. The van der Waals surface area contributed by atoms with E-state index in [1.807, 2.05) is 24.3 Å². The van der Waals surface area contributed by atoms with Crippen LogP contribution in [-0.4, -0.2) is 54.4 Å². The number of ether oxygens (including phenoxy) is 3. The Labute approximate surface area is 212 Å². The second-order valence-electron chi connectivity index (χ2n) is 9.90. The van der Waals surface area contributed by atoms with Gasteiger partial charge in [-0.15, -0.1) is 0 Å². The number of fused-ring (bicyclic) bond motifs is 3. The zero-order valence-corrected chi connectivity index (χ0v) is 21.4. The molecule has 0 aliphatic heterocycles. The molecule has 36 heavy (non-hydrogen) atoms. The maximum absolute atomic E-state index is 13.2. The third kappa shape index (κ3) is 5.51. The van der Waals surface area contributed by atoms with Gasteiger partial charge in [-0.3, -0.25) is 9.88 Å². The first kappa shape index (κ1) is 25.2. The van der Waals surface area contributed by atoms with E-state index in [0.717, 1.165) is 27.8 Å². The van der Waals surface area contributed by atoms with Gasteiger partial charge in [0, 0.05) is 25.6 Å². The van der Waals surface area contributed by atoms with Gasteiger partial charge in [-0.05, 0) is 54.7 Å². The minimum Gasteiger partial charge on any atom is -0.495 e. The molecular formula is C29H32N2O5. The number of hydrogen-bond donors (Lipinski definition) is 0. The van der Waals surface area contributed by atoms with Crippen molar-refractivity contribution < 1.29 is 23.8 Å². The minimum atomic E-state index is -0.895. The van der Waals surface area contributed by atoms with E-state index in [4.69, 9.17) is 14.2 Å². The number of likely N-dealkylation sites (N-methyl/N-ethyl adjacent to an activating group) is 1. The summed E-state index contributed by atoms with van der Waals surface area (Å²) in [5.74, 6) is -0.0159. The van der Waals surface area contributed by atoms with Crippen LogP contribution in [0.5, 0.6) is 5.75 Å². The fourth-order valence-electron chi connectivity index (χ4n) is 4.48. The highest BCUT2D eigenvalue weighted by Crippen LogP contribution is 2.44. The molecule has 1 unspecified atom stereocenters. The summed E-state index contributed by atoms with van der Waals surface area (Å²) in [5.41, 5.74) is 4.59. The number of carbonyl (C=O) groups is 2. The van der Waals surface area contributed by atoms with Gasteiger partial charge < -0.3 is 14.2 Å². The van der Waals surface area contributed by atoms with Crippen molar-refractivity contribution in [1.29, 1.82) is 0 Å². The highest BCUT2D eigenvalue weighted by molar-refractivity contribution is 5.82. The number of benzene rings is 2. The highest BCUT2D eigenvalue weighted by Gasteiger charge is 2.34. The fourth-order valence-corrected chi connectivity index (χ4v) is 4.48. The molecule has 0 N–H and O–H groups in total. The number of nitrogens with zero attached hydrogens (tertiary/aromatic N) is 2. The molecule has 1 amide bonds. The van der Waals surface area contributed by atoms with Crippen molar-refractivity contribution in [3.63, 3.8) is 0 Å². The summed E-state index contributed by atoms with van der Waals surface area (Å²) in [6.07, 6.45) is 2.84. The zero-order chi connectivity index (χ0) is 25.9. The van der Waals surface area contributed by atoms with Crippen LogP contribution < -0.4 is 4.74 Å². The van der Waals surface area contributed by atoms with Gasteiger partial charge in [0.1, 0.15) is 24.0 Å². The predicted molar refractivity (Wildman–Crippen MR) is 137 cm³/mol. The van der Waals surface area contributed by atoms with Crippen LogP contribution in [0.2, 0.25) is 0 Å². The number of esters is 1. The summed E-state index contributed by atoms with van der Waals surface area (Å²) in [6.45, 7) is 5.55. The molecule has 0 saturated carbocycles. The molecular weight excluding hydrogens is 456 g/mol. The van der Waals surface area contributed by atoms with Crippen molar-refractivity contribution in [2.45, 2.75) is 44.8 Å². The van der Waals surface area contributed by atoms with E-state index in [1.165, 1.54) is 4.90 Å². The Morgan fingerprint density at radius 2 is 1.61 bits per heavy atom. The molecule has 188 valence electrons. The van der Waals surface area contributed by atoms with E-state index in [-0.39, 0.29) is 18.9 Å². The van der Waals surface area contributed by atoms with Crippen molar-refractivity contribution in [3.05, 3.63) is 83.7 Å². The Kier molecular flexibility index (Phi) is 7.29. The fraction of sp³-hybridized carbons (Fsp3) is 0.345. The Morgan fingerprint density at radius 3 is 2.19 bits per heavy atom. The van der Waals surface area contributed by atoms with Crippen LogP contribution in [0.3, 0.4) is 0 Å².